The molecule has 0 fully saturated rings. The van der Waals surface area contributed by atoms with Gasteiger partial charge in [-0.1, -0.05) is 17.8 Å². The van der Waals surface area contributed by atoms with Gasteiger partial charge in [-0.2, -0.15) is 0 Å². The van der Waals surface area contributed by atoms with E-state index in [-0.39, 0.29) is 0 Å². The third kappa shape index (κ3) is 1.78. The van der Waals surface area contributed by atoms with E-state index in [0.29, 0.717) is 0 Å². The molecule has 0 aliphatic carbocycles. The molecule has 0 bridgehead atoms. The Morgan fingerprint density at radius 2 is 1.89 bits per heavy atom. The lowest BCUT2D eigenvalue weighted by Gasteiger charge is -2.21. The zero-order chi connectivity index (χ0) is 12.5. The molecule has 0 radical (unpaired) electrons. The van der Waals surface area contributed by atoms with Gasteiger partial charge in [-0.3, -0.25) is 0 Å². The van der Waals surface area contributed by atoms with E-state index in [2.05, 4.69) is 0 Å². The van der Waals surface area contributed by atoms with E-state index >= 15 is 0 Å². The van der Waals surface area contributed by atoms with Gasteiger partial charge in [-0.25, -0.2) is 0 Å². The summed E-state index contributed by atoms with van der Waals surface area (Å²) in [5, 5.41) is 0. The zero-order valence-electron chi connectivity index (χ0n) is 10.1. The largest absolute Gasteiger partial charge is 0.497 e. The van der Waals surface area contributed by atoms with Crippen LogP contribution in [-0.4, -0.2) is 14.2 Å². The number of benzene rings is 2. The summed E-state index contributed by atoms with van der Waals surface area (Å²) in [7, 11) is 3.31. The van der Waals surface area contributed by atoms with Crippen LogP contribution in [-0.2, 0) is 0 Å². The molecule has 4 heteroatoms. The Kier molecular flexibility index (Phi) is 2.80. The van der Waals surface area contributed by atoms with Gasteiger partial charge in [-0.15, -0.1) is 0 Å². The van der Waals surface area contributed by atoms with Crippen molar-refractivity contribution in [2.24, 2.45) is 0 Å². The van der Waals surface area contributed by atoms with Crippen molar-refractivity contribution in [2.45, 2.75) is 9.79 Å². The number of hydrogen-bond donors (Lipinski definition) is 0. The average molecular weight is 260 g/mol. The van der Waals surface area contributed by atoms with Crippen LogP contribution in [0.4, 0.5) is 0 Å². The summed E-state index contributed by atoms with van der Waals surface area (Å²) >= 11 is 1.65. The van der Waals surface area contributed by atoms with Crippen molar-refractivity contribution in [3.63, 3.8) is 0 Å². The minimum Gasteiger partial charge on any atom is -0.497 e. The number of hydrogen-bond acceptors (Lipinski definition) is 4. The molecule has 0 saturated heterocycles. The normalized spacial score (nSPS) is 12.1. The molecule has 0 saturated carbocycles. The maximum atomic E-state index is 5.88. The second-order valence-electron chi connectivity index (χ2n) is 3.80. The Balaban J connectivity index is 2.06. The van der Waals surface area contributed by atoms with Gasteiger partial charge in [0, 0.05) is 6.07 Å². The van der Waals surface area contributed by atoms with Crippen LogP contribution in [0.1, 0.15) is 0 Å². The predicted molar refractivity (Wildman–Crippen MR) is 70.2 cm³/mol. The highest BCUT2D eigenvalue weighted by molar-refractivity contribution is 7.99. The Morgan fingerprint density at radius 3 is 2.67 bits per heavy atom. The third-order valence-corrected chi connectivity index (χ3v) is 3.91. The summed E-state index contributed by atoms with van der Waals surface area (Å²) in [6.45, 7) is 0. The highest BCUT2D eigenvalue weighted by Gasteiger charge is 2.21. The molecule has 3 rings (SSSR count). The molecule has 0 unspecified atom stereocenters. The minimum atomic E-state index is 0.792. The van der Waals surface area contributed by atoms with Gasteiger partial charge in [0.05, 0.1) is 24.0 Å². The number of rotatable bonds is 2. The molecule has 0 amide bonds. The van der Waals surface area contributed by atoms with Gasteiger partial charge in [0.1, 0.15) is 23.0 Å². The van der Waals surface area contributed by atoms with E-state index in [1.54, 1.807) is 26.0 Å². The van der Waals surface area contributed by atoms with E-state index in [9.17, 15) is 0 Å². The van der Waals surface area contributed by atoms with Crippen molar-refractivity contribution in [3.8, 4) is 23.0 Å². The third-order valence-electron chi connectivity index (χ3n) is 2.75. The molecule has 92 valence electrons. The first kappa shape index (κ1) is 11.3. The molecule has 1 aliphatic heterocycles. The van der Waals surface area contributed by atoms with Crippen molar-refractivity contribution in [1.82, 2.24) is 0 Å². The first-order valence-electron chi connectivity index (χ1n) is 5.52. The number of ether oxygens (including phenoxy) is 3. The van der Waals surface area contributed by atoms with Gasteiger partial charge in [0.25, 0.3) is 0 Å². The average Bonchev–Trinajstić information content (AvgIpc) is 2.43. The molecule has 1 aliphatic rings. The molecule has 0 atom stereocenters. The molecule has 18 heavy (non-hydrogen) atoms. The van der Waals surface area contributed by atoms with Gasteiger partial charge in [0.2, 0.25) is 0 Å². The Morgan fingerprint density at radius 1 is 1.00 bits per heavy atom. The quantitative estimate of drug-likeness (QED) is 0.697. The lowest BCUT2D eigenvalue weighted by Crippen LogP contribution is -1.97. The number of fused-ring (bicyclic) bond motifs is 2. The minimum absolute atomic E-state index is 0.792. The smallest absolute Gasteiger partial charge is 0.145 e. The zero-order valence-corrected chi connectivity index (χ0v) is 10.9. The molecular weight excluding hydrogens is 248 g/mol. The second kappa shape index (κ2) is 4.46. The maximum absolute atomic E-state index is 5.88. The van der Waals surface area contributed by atoms with Crippen molar-refractivity contribution in [3.05, 3.63) is 36.4 Å². The van der Waals surface area contributed by atoms with E-state index in [4.69, 9.17) is 14.2 Å². The van der Waals surface area contributed by atoms with Crippen LogP contribution in [0.2, 0.25) is 0 Å². The van der Waals surface area contributed by atoms with Gasteiger partial charge >= 0.3 is 0 Å². The fourth-order valence-electron chi connectivity index (χ4n) is 1.85. The fraction of sp³-hybridized carbons (Fsp3) is 0.143. The van der Waals surface area contributed by atoms with E-state index in [1.165, 1.54) is 0 Å². The summed E-state index contributed by atoms with van der Waals surface area (Å²) in [5.74, 6) is 3.26. The van der Waals surface area contributed by atoms with E-state index < -0.39 is 0 Å². The van der Waals surface area contributed by atoms with Crippen LogP contribution in [0.5, 0.6) is 23.0 Å². The number of methoxy groups -OCH3 is 2. The maximum Gasteiger partial charge on any atom is 0.145 e. The highest BCUT2D eigenvalue weighted by Crippen LogP contribution is 2.51. The van der Waals surface area contributed by atoms with Crippen LogP contribution < -0.4 is 14.2 Å². The summed E-state index contributed by atoms with van der Waals surface area (Å²) in [5.41, 5.74) is 0. The van der Waals surface area contributed by atoms with Crippen LogP contribution in [0.15, 0.2) is 46.2 Å². The SMILES string of the molecule is COc1ccc2c(c1)Oc1cccc(OC)c1S2. The molecule has 0 N–H and O–H groups in total. The summed E-state index contributed by atoms with van der Waals surface area (Å²) in [6.07, 6.45) is 0. The van der Waals surface area contributed by atoms with Crippen LogP contribution in [0, 0.1) is 0 Å². The van der Waals surface area contributed by atoms with Crippen molar-refractivity contribution >= 4 is 11.8 Å². The predicted octanol–water partition coefficient (Wildman–Crippen LogP) is 3.96. The monoisotopic (exact) mass is 260 g/mol. The van der Waals surface area contributed by atoms with Gasteiger partial charge in [0.15, 0.2) is 0 Å². The molecule has 0 aromatic heterocycles. The molecule has 0 spiro atoms. The Hall–Kier alpha value is -1.81. The van der Waals surface area contributed by atoms with Crippen molar-refractivity contribution < 1.29 is 14.2 Å². The van der Waals surface area contributed by atoms with Gasteiger partial charge < -0.3 is 14.2 Å². The molecule has 1 heterocycles. The summed E-state index contributed by atoms with van der Waals surface area (Å²) in [4.78, 5) is 2.07. The van der Waals surface area contributed by atoms with E-state index in [0.717, 1.165) is 32.8 Å². The topological polar surface area (TPSA) is 27.7 Å². The van der Waals surface area contributed by atoms with Crippen LogP contribution in [0.25, 0.3) is 0 Å². The van der Waals surface area contributed by atoms with Crippen LogP contribution in [0.3, 0.4) is 0 Å². The standard InChI is InChI=1S/C14H12O3S/c1-15-9-6-7-13-12(8-9)17-11-5-3-4-10(16-2)14(11)18-13/h3-8H,1-2H3. The van der Waals surface area contributed by atoms with E-state index in [1.807, 2.05) is 36.4 Å². The Labute approximate surface area is 110 Å². The lowest BCUT2D eigenvalue weighted by atomic mass is 10.3. The first-order chi connectivity index (χ1) is 8.81. The molecule has 3 nitrogen and oxygen atoms in total. The van der Waals surface area contributed by atoms with Gasteiger partial charge in [-0.05, 0) is 24.3 Å². The fourth-order valence-corrected chi connectivity index (χ4v) is 2.86. The molecular formula is C14H12O3S. The highest BCUT2D eigenvalue weighted by atomic mass is 32.2. The summed E-state index contributed by atoms with van der Waals surface area (Å²) in [6, 6.07) is 11.6. The van der Waals surface area contributed by atoms with Crippen LogP contribution >= 0.6 is 11.8 Å². The lowest BCUT2D eigenvalue weighted by molar-refractivity contribution is 0.386. The molecule has 2 aromatic rings. The Bertz CT molecular complexity index is 596. The first-order valence-corrected chi connectivity index (χ1v) is 6.34. The van der Waals surface area contributed by atoms with Crippen molar-refractivity contribution in [1.29, 1.82) is 0 Å². The summed E-state index contributed by atoms with van der Waals surface area (Å²) < 4.78 is 16.4. The second-order valence-corrected chi connectivity index (χ2v) is 4.86. The van der Waals surface area contributed by atoms with Crippen molar-refractivity contribution in [2.75, 3.05) is 14.2 Å². The molecule has 2 aromatic carbocycles.